The van der Waals surface area contributed by atoms with Crippen molar-refractivity contribution in [2.45, 2.75) is 18.9 Å². The van der Waals surface area contributed by atoms with Crippen molar-refractivity contribution in [3.8, 4) is 5.75 Å². The van der Waals surface area contributed by atoms with Gasteiger partial charge in [-0.1, -0.05) is 11.6 Å². The molecule has 1 aliphatic rings. The molecule has 1 aromatic rings. The molecule has 0 spiro atoms. The number of carbonyl (C=O) groups excluding carboxylic acids is 1. The van der Waals surface area contributed by atoms with Crippen LogP contribution in [0.3, 0.4) is 0 Å². The van der Waals surface area contributed by atoms with Crippen molar-refractivity contribution in [1.82, 2.24) is 10.6 Å². The number of ether oxygens (including phenoxy) is 2. The predicted molar refractivity (Wildman–Crippen MR) is 89.4 cm³/mol. The van der Waals surface area contributed by atoms with Crippen LogP contribution in [0.4, 0.5) is 0 Å². The number of halogens is 2. The van der Waals surface area contributed by atoms with Gasteiger partial charge in [-0.15, -0.1) is 12.4 Å². The van der Waals surface area contributed by atoms with Gasteiger partial charge in [0.2, 0.25) is 0 Å². The summed E-state index contributed by atoms with van der Waals surface area (Å²) in [6, 6.07) is 5.21. The van der Waals surface area contributed by atoms with Gasteiger partial charge in [0.25, 0.3) is 5.91 Å². The third-order valence-corrected chi connectivity index (χ3v) is 3.60. The second-order valence-corrected chi connectivity index (χ2v) is 5.43. The van der Waals surface area contributed by atoms with Crippen molar-refractivity contribution in [1.29, 1.82) is 0 Å². The summed E-state index contributed by atoms with van der Waals surface area (Å²) in [5.41, 5.74) is 0.462. The largest absolute Gasteiger partial charge is 0.490 e. The van der Waals surface area contributed by atoms with E-state index < -0.39 is 0 Å². The second kappa shape index (κ2) is 9.90. The number of amides is 1. The number of carbonyl (C=O) groups is 1. The van der Waals surface area contributed by atoms with E-state index in [0.29, 0.717) is 29.5 Å². The van der Waals surface area contributed by atoms with Gasteiger partial charge in [-0.25, -0.2) is 0 Å². The van der Waals surface area contributed by atoms with Gasteiger partial charge in [0.1, 0.15) is 12.4 Å². The number of benzene rings is 1. The van der Waals surface area contributed by atoms with E-state index in [0.717, 1.165) is 25.9 Å². The van der Waals surface area contributed by atoms with Crippen molar-refractivity contribution in [3.63, 3.8) is 0 Å². The maximum Gasteiger partial charge on any atom is 0.255 e. The first kappa shape index (κ1) is 19.0. The van der Waals surface area contributed by atoms with Crippen molar-refractivity contribution >= 4 is 29.9 Å². The third-order valence-electron chi connectivity index (χ3n) is 3.36. The van der Waals surface area contributed by atoms with Gasteiger partial charge in [-0.05, 0) is 37.6 Å². The molecule has 1 atom stereocenters. The summed E-state index contributed by atoms with van der Waals surface area (Å²) in [7, 11) is 1.61. The number of nitrogens with one attached hydrogen (secondary N) is 2. The summed E-state index contributed by atoms with van der Waals surface area (Å²) in [6.07, 6.45) is 2.05. The summed E-state index contributed by atoms with van der Waals surface area (Å²) in [4.78, 5) is 12.4. The van der Waals surface area contributed by atoms with E-state index in [2.05, 4.69) is 10.6 Å². The molecule has 1 fully saturated rings. The standard InChI is InChI=1S/C15H21ClN2O3.ClH/c1-20-7-8-21-14-5-4-11(16)9-13(14)15(19)18-12-3-2-6-17-10-12;/h4-5,9,12,17H,2-3,6-8,10H2,1H3,(H,18,19);1H/t12-;/m0./s1. The molecule has 22 heavy (non-hydrogen) atoms. The van der Waals surface area contributed by atoms with E-state index in [-0.39, 0.29) is 24.4 Å². The Balaban J connectivity index is 0.00000242. The van der Waals surface area contributed by atoms with Crippen molar-refractivity contribution in [2.75, 3.05) is 33.4 Å². The summed E-state index contributed by atoms with van der Waals surface area (Å²) < 4.78 is 10.5. The first-order valence-electron chi connectivity index (χ1n) is 7.13. The van der Waals surface area contributed by atoms with E-state index >= 15 is 0 Å². The van der Waals surface area contributed by atoms with Gasteiger partial charge in [0, 0.05) is 24.7 Å². The Hall–Kier alpha value is -1.01. The van der Waals surface area contributed by atoms with Crippen molar-refractivity contribution < 1.29 is 14.3 Å². The van der Waals surface area contributed by atoms with Crippen LogP contribution in [0.1, 0.15) is 23.2 Å². The van der Waals surface area contributed by atoms with Crippen LogP contribution in [-0.2, 0) is 4.74 Å². The zero-order valence-corrected chi connectivity index (χ0v) is 14.1. The minimum atomic E-state index is -0.154. The van der Waals surface area contributed by atoms with E-state index in [4.69, 9.17) is 21.1 Å². The number of piperidine rings is 1. The molecule has 0 unspecified atom stereocenters. The highest BCUT2D eigenvalue weighted by atomic mass is 35.5. The van der Waals surface area contributed by atoms with E-state index in [9.17, 15) is 4.79 Å². The molecule has 0 saturated carbocycles. The molecule has 7 heteroatoms. The molecular formula is C15H22Cl2N2O3. The molecule has 1 amide bonds. The van der Waals surface area contributed by atoms with Crippen LogP contribution in [-0.4, -0.2) is 45.4 Å². The van der Waals surface area contributed by atoms with Crippen LogP contribution in [0.2, 0.25) is 5.02 Å². The maximum atomic E-state index is 12.4. The fourth-order valence-electron chi connectivity index (χ4n) is 2.28. The Kier molecular flexibility index (Phi) is 8.56. The highest BCUT2D eigenvalue weighted by Gasteiger charge is 2.19. The zero-order valence-electron chi connectivity index (χ0n) is 12.6. The smallest absolute Gasteiger partial charge is 0.255 e. The molecule has 2 N–H and O–H groups in total. The van der Waals surface area contributed by atoms with E-state index in [1.807, 2.05) is 0 Å². The lowest BCUT2D eigenvalue weighted by atomic mass is 10.1. The van der Waals surface area contributed by atoms with Crippen molar-refractivity contribution in [2.24, 2.45) is 0 Å². The third kappa shape index (κ3) is 5.65. The van der Waals surface area contributed by atoms with Crippen molar-refractivity contribution in [3.05, 3.63) is 28.8 Å². The monoisotopic (exact) mass is 348 g/mol. The molecule has 0 radical (unpaired) electrons. The molecular weight excluding hydrogens is 327 g/mol. The van der Waals surface area contributed by atoms with E-state index in [1.54, 1.807) is 25.3 Å². The Labute approximate surface area is 142 Å². The van der Waals surface area contributed by atoms with Gasteiger partial charge in [0.15, 0.2) is 0 Å². The van der Waals surface area contributed by atoms with Gasteiger partial charge < -0.3 is 20.1 Å². The molecule has 2 rings (SSSR count). The summed E-state index contributed by atoms with van der Waals surface area (Å²) in [6.45, 7) is 2.67. The van der Waals surface area contributed by atoms with E-state index in [1.165, 1.54) is 0 Å². The van der Waals surface area contributed by atoms with Crippen LogP contribution < -0.4 is 15.4 Å². The minimum Gasteiger partial charge on any atom is -0.490 e. The van der Waals surface area contributed by atoms with Gasteiger partial charge in [-0.2, -0.15) is 0 Å². The second-order valence-electron chi connectivity index (χ2n) is 5.00. The van der Waals surface area contributed by atoms with Gasteiger partial charge >= 0.3 is 0 Å². The average Bonchev–Trinajstić information content (AvgIpc) is 2.50. The minimum absolute atomic E-state index is 0. The number of hydrogen-bond acceptors (Lipinski definition) is 4. The molecule has 124 valence electrons. The lowest BCUT2D eigenvalue weighted by Crippen LogP contribution is -2.45. The predicted octanol–water partition coefficient (Wildman–Crippen LogP) is 2.27. The van der Waals surface area contributed by atoms with Crippen LogP contribution in [0.25, 0.3) is 0 Å². The van der Waals surface area contributed by atoms with Crippen LogP contribution in [0.5, 0.6) is 5.75 Å². The molecule has 0 aliphatic carbocycles. The first-order chi connectivity index (χ1) is 10.2. The Bertz CT molecular complexity index is 480. The summed E-state index contributed by atoms with van der Waals surface area (Å²) in [5, 5.41) is 6.81. The SMILES string of the molecule is COCCOc1ccc(Cl)cc1C(=O)N[C@H]1CCCNC1.Cl. The fourth-order valence-corrected chi connectivity index (χ4v) is 2.45. The highest BCUT2D eigenvalue weighted by Crippen LogP contribution is 2.23. The molecule has 5 nitrogen and oxygen atoms in total. The lowest BCUT2D eigenvalue weighted by molar-refractivity contribution is 0.0923. The first-order valence-corrected chi connectivity index (χ1v) is 7.51. The molecule has 1 heterocycles. The molecule has 0 bridgehead atoms. The number of hydrogen-bond donors (Lipinski definition) is 2. The van der Waals surface area contributed by atoms with Gasteiger partial charge in [-0.3, -0.25) is 4.79 Å². The molecule has 1 saturated heterocycles. The summed E-state index contributed by atoms with van der Waals surface area (Å²) >= 11 is 5.99. The Morgan fingerprint density at radius 2 is 2.27 bits per heavy atom. The topological polar surface area (TPSA) is 59.6 Å². The quantitative estimate of drug-likeness (QED) is 0.774. The Morgan fingerprint density at radius 3 is 2.95 bits per heavy atom. The van der Waals surface area contributed by atoms with Crippen LogP contribution >= 0.6 is 24.0 Å². The Morgan fingerprint density at radius 1 is 1.45 bits per heavy atom. The number of methoxy groups -OCH3 is 1. The highest BCUT2D eigenvalue weighted by molar-refractivity contribution is 6.31. The van der Waals surface area contributed by atoms with Gasteiger partial charge in [0.05, 0.1) is 12.2 Å². The molecule has 0 aromatic heterocycles. The lowest BCUT2D eigenvalue weighted by Gasteiger charge is -2.24. The normalized spacial score (nSPS) is 17.5. The molecule has 1 aliphatic heterocycles. The fraction of sp³-hybridized carbons (Fsp3) is 0.533. The number of rotatable bonds is 6. The summed E-state index contributed by atoms with van der Waals surface area (Å²) in [5.74, 6) is 0.372. The molecule has 1 aromatic carbocycles. The maximum absolute atomic E-state index is 12.4. The van der Waals surface area contributed by atoms with Crippen LogP contribution in [0.15, 0.2) is 18.2 Å². The average molecular weight is 349 g/mol. The van der Waals surface area contributed by atoms with Crippen LogP contribution in [0, 0.1) is 0 Å². The zero-order chi connectivity index (χ0) is 15.1.